The van der Waals surface area contributed by atoms with Crippen molar-refractivity contribution in [2.75, 3.05) is 13.6 Å². The van der Waals surface area contributed by atoms with Gasteiger partial charge in [0.1, 0.15) is 4.83 Å². The van der Waals surface area contributed by atoms with Gasteiger partial charge in [-0.2, -0.15) is 5.10 Å². The van der Waals surface area contributed by atoms with Crippen LogP contribution in [0.15, 0.2) is 11.1 Å². The van der Waals surface area contributed by atoms with Gasteiger partial charge < -0.3 is 9.88 Å². The van der Waals surface area contributed by atoms with Crippen molar-refractivity contribution < 1.29 is 4.79 Å². The third-order valence-electron chi connectivity index (χ3n) is 4.47. The summed E-state index contributed by atoms with van der Waals surface area (Å²) in [5.41, 5.74) is 3.81. The monoisotopic (exact) mass is 359 g/mol. The van der Waals surface area contributed by atoms with Gasteiger partial charge in [-0.25, -0.2) is 4.98 Å². The number of aromatic nitrogens is 4. The smallest absolute Gasteiger partial charge is 0.264 e. The van der Waals surface area contributed by atoms with Crippen molar-refractivity contribution in [2.45, 2.75) is 33.6 Å². The SMILES string of the molecule is Cc1n[nH]c(C)c1CCCN(C)C(=O)c1sc2nc[nH]c(=O)c2c1C. The van der Waals surface area contributed by atoms with Crippen molar-refractivity contribution in [3.63, 3.8) is 0 Å². The molecule has 0 fully saturated rings. The van der Waals surface area contributed by atoms with Gasteiger partial charge in [0.05, 0.1) is 22.3 Å². The lowest BCUT2D eigenvalue weighted by atomic mass is 10.1. The summed E-state index contributed by atoms with van der Waals surface area (Å²) in [5.74, 6) is -0.0689. The summed E-state index contributed by atoms with van der Waals surface area (Å²) in [5, 5.41) is 7.69. The van der Waals surface area contributed by atoms with Crippen molar-refractivity contribution in [2.24, 2.45) is 0 Å². The Morgan fingerprint density at radius 2 is 2.08 bits per heavy atom. The van der Waals surface area contributed by atoms with Crippen molar-refractivity contribution in [3.8, 4) is 0 Å². The molecule has 25 heavy (non-hydrogen) atoms. The van der Waals surface area contributed by atoms with Crippen LogP contribution in [0.25, 0.3) is 10.2 Å². The number of H-pyrrole nitrogens is 2. The first-order chi connectivity index (χ1) is 11.9. The van der Waals surface area contributed by atoms with Gasteiger partial charge in [0.15, 0.2) is 0 Å². The van der Waals surface area contributed by atoms with Crippen molar-refractivity contribution in [1.82, 2.24) is 25.1 Å². The Hall–Kier alpha value is -2.48. The number of nitrogens with zero attached hydrogens (tertiary/aromatic N) is 3. The summed E-state index contributed by atoms with van der Waals surface area (Å²) in [6.07, 6.45) is 3.10. The van der Waals surface area contributed by atoms with E-state index in [1.165, 1.54) is 23.2 Å². The fourth-order valence-corrected chi connectivity index (χ4v) is 4.14. The first-order valence-electron chi connectivity index (χ1n) is 8.12. The maximum Gasteiger partial charge on any atom is 0.264 e. The molecule has 0 saturated carbocycles. The number of aryl methyl sites for hydroxylation is 3. The molecule has 3 aromatic heterocycles. The summed E-state index contributed by atoms with van der Waals surface area (Å²) in [7, 11) is 1.79. The quantitative estimate of drug-likeness (QED) is 0.731. The minimum absolute atomic E-state index is 0.0689. The van der Waals surface area contributed by atoms with Gasteiger partial charge in [-0.3, -0.25) is 14.7 Å². The summed E-state index contributed by atoms with van der Waals surface area (Å²) >= 11 is 1.27. The number of aromatic amines is 2. The minimum Gasteiger partial charge on any atom is -0.341 e. The van der Waals surface area contributed by atoms with Crippen molar-refractivity contribution in [1.29, 1.82) is 0 Å². The van der Waals surface area contributed by atoms with E-state index in [1.807, 2.05) is 13.8 Å². The van der Waals surface area contributed by atoms with Gasteiger partial charge in [0.25, 0.3) is 11.5 Å². The molecule has 0 unspecified atom stereocenters. The number of carbonyl (C=O) groups excluding carboxylic acids is 1. The number of amides is 1. The van der Waals surface area contributed by atoms with E-state index in [-0.39, 0.29) is 11.5 Å². The van der Waals surface area contributed by atoms with Crippen molar-refractivity contribution in [3.05, 3.63) is 44.1 Å². The van der Waals surface area contributed by atoms with Crippen LogP contribution in [0.5, 0.6) is 0 Å². The molecule has 0 aliphatic rings. The number of rotatable bonds is 5. The van der Waals surface area contributed by atoms with E-state index < -0.39 is 0 Å². The van der Waals surface area contributed by atoms with Crippen LogP contribution in [0, 0.1) is 20.8 Å². The van der Waals surface area contributed by atoms with Gasteiger partial charge in [0, 0.05) is 19.3 Å². The second-order valence-corrected chi connectivity index (χ2v) is 7.21. The fraction of sp³-hybridized carbons (Fsp3) is 0.412. The molecule has 3 rings (SSSR count). The van der Waals surface area contributed by atoms with E-state index in [2.05, 4.69) is 20.2 Å². The first kappa shape index (κ1) is 17.3. The van der Waals surface area contributed by atoms with Crippen LogP contribution in [-0.2, 0) is 6.42 Å². The Labute approximate surface area is 149 Å². The molecular formula is C17H21N5O2S. The molecule has 0 aliphatic carbocycles. The van der Waals surface area contributed by atoms with Crippen molar-refractivity contribution >= 4 is 27.5 Å². The van der Waals surface area contributed by atoms with E-state index in [0.29, 0.717) is 27.2 Å². The molecule has 8 heteroatoms. The van der Waals surface area contributed by atoms with E-state index in [4.69, 9.17) is 0 Å². The Bertz CT molecular complexity index is 965. The molecule has 0 aromatic carbocycles. The van der Waals surface area contributed by atoms with Crippen LogP contribution >= 0.6 is 11.3 Å². The van der Waals surface area contributed by atoms with Gasteiger partial charge >= 0.3 is 0 Å². The molecule has 0 saturated heterocycles. The van der Waals surface area contributed by atoms with Gasteiger partial charge in [-0.05, 0) is 44.7 Å². The molecule has 7 nitrogen and oxygen atoms in total. The van der Waals surface area contributed by atoms with Crippen LogP contribution in [0.4, 0.5) is 0 Å². The normalized spacial score (nSPS) is 11.2. The Morgan fingerprint density at radius 1 is 1.32 bits per heavy atom. The summed E-state index contributed by atoms with van der Waals surface area (Å²) in [6.45, 7) is 6.43. The number of hydrogen-bond donors (Lipinski definition) is 2. The number of nitrogens with one attached hydrogen (secondary N) is 2. The molecule has 0 aliphatic heterocycles. The minimum atomic E-state index is -0.202. The number of hydrogen-bond acceptors (Lipinski definition) is 5. The lowest BCUT2D eigenvalue weighted by Gasteiger charge is -2.16. The predicted molar refractivity (Wildman–Crippen MR) is 98.3 cm³/mol. The highest BCUT2D eigenvalue weighted by Crippen LogP contribution is 2.27. The zero-order valence-corrected chi connectivity index (χ0v) is 15.6. The first-order valence-corrected chi connectivity index (χ1v) is 8.94. The van der Waals surface area contributed by atoms with Crippen LogP contribution in [0.2, 0.25) is 0 Å². The highest BCUT2D eigenvalue weighted by atomic mass is 32.1. The molecule has 2 N–H and O–H groups in total. The number of fused-ring (bicyclic) bond motifs is 1. The van der Waals surface area contributed by atoms with Crippen LogP contribution < -0.4 is 5.56 Å². The summed E-state index contributed by atoms with van der Waals surface area (Å²) in [6, 6.07) is 0. The van der Waals surface area contributed by atoms with Gasteiger partial charge in [0.2, 0.25) is 0 Å². The Morgan fingerprint density at radius 3 is 2.72 bits per heavy atom. The molecular weight excluding hydrogens is 338 g/mol. The zero-order valence-electron chi connectivity index (χ0n) is 14.8. The molecule has 0 bridgehead atoms. The van der Waals surface area contributed by atoms with Crippen LogP contribution in [0.1, 0.15) is 38.6 Å². The molecule has 0 atom stereocenters. The Kier molecular flexibility index (Phi) is 4.71. The predicted octanol–water partition coefficient (Wildman–Crippen LogP) is 2.34. The molecule has 132 valence electrons. The second-order valence-electron chi connectivity index (χ2n) is 6.21. The highest BCUT2D eigenvalue weighted by Gasteiger charge is 2.21. The van der Waals surface area contributed by atoms with Gasteiger partial charge in [-0.1, -0.05) is 0 Å². The third kappa shape index (κ3) is 3.21. The average Bonchev–Trinajstić information content (AvgIpc) is 3.08. The average molecular weight is 359 g/mol. The lowest BCUT2D eigenvalue weighted by molar-refractivity contribution is 0.0798. The maximum atomic E-state index is 12.8. The van der Waals surface area contributed by atoms with E-state index in [0.717, 1.165) is 24.2 Å². The zero-order chi connectivity index (χ0) is 18.1. The molecule has 1 amide bonds. The van der Waals surface area contributed by atoms with E-state index in [1.54, 1.807) is 18.9 Å². The number of carbonyl (C=O) groups is 1. The van der Waals surface area contributed by atoms with Gasteiger partial charge in [-0.15, -0.1) is 11.3 Å². The van der Waals surface area contributed by atoms with E-state index >= 15 is 0 Å². The van der Waals surface area contributed by atoms with Crippen LogP contribution in [0.3, 0.4) is 0 Å². The Balaban J connectivity index is 1.72. The molecule has 3 aromatic rings. The maximum absolute atomic E-state index is 12.8. The summed E-state index contributed by atoms with van der Waals surface area (Å²) in [4.78, 5) is 34.3. The van der Waals surface area contributed by atoms with Crippen LogP contribution in [-0.4, -0.2) is 44.6 Å². The largest absolute Gasteiger partial charge is 0.341 e. The standard InChI is InChI=1S/C17H21N5O2S/c1-9-13-15(23)18-8-19-16(13)25-14(9)17(24)22(4)7-5-6-12-10(2)20-21-11(12)3/h8H,5-7H2,1-4H3,(H,20,21)(H,18,19,23). The molecule has 0 radical (unpaired) electrons. The molecule has 3 heterocycles. The lowest BCUT2D eigenvalue weighted by Crippen LogP contribution is -2.28. The fourth-order valence-electron chi connectivity index (χ4n) is 2.99. The van der Waals surface area contributed by atoms with E-state index in [9.17, 15) is 9.59 Å². The third-order valence-corrected chi connectivity index (χ3v) is 5.66. The highest BCUT2D eigenvalue weighted by molar-refractivity contribution is 7.20. The topological polar surface area (TPSA) is 94.7 Å². The number of thiophene rings is 1. The summed E-state index contributed by atoms with van der Waals surface area (Å²) < 4.78 is 0. The second kappa shape index (κ2) is 6.79. The molecule has 0 spiro atoms.